The minimum atomic E-state index is -3.70. The van der Waals surface area contributed by atoms with E-state index in [0.29, 0.717) is 18.7 Å². The lowest BCUT2D eigenvalue weighted by atomic mass is 10.2. The van der Waals surface area contributed by atoms with Gasteiger partial charge in [0, 0.05) is 18.7 Å². The molecule has 8 heteroatoms. The second-order valence-electron chi connectivity index (χ2n) is 6.74. The number of nitrogens with zero attached hydrogens (tertiary/aromatic N) is 3. The summed E-state index contributed by atoms with van der Waals surface area (Å²) in [5, 5.41) is 7.86. The van der Waals surface area contributed by atoms with Gasteiger partial charge in [0.05, 0.1) is 10.5 Å². The molecule has 28 heavy (non-hydrogen) atoms. The van der Waals surface area contributed by atoms with Crippen molar-refractivity contribution in [2.45, 2.75) is 30.6 Å². The minimum Gasteiger partial charge on any atom is -0.416 e. The van der Waals surface area contributed by atoms with Crippen LogP contribution in [0.3, 0.4) is 0 Å². The van der Waals surface area contributed by atoms with Crippen LogP contribution in [0.4, 0.5) is 4.39 Å². The van der Waals surface area contributed by atoms with E-state index in [1.807, 2.05) is 18.2 Å². The summed E-state index contributed by atoms with van der Waals surface area (Å²) in [7, 11) is -3.70. The van der Waals surface area contributed by atoms with Crippen LogP contribution in [0.15, 0.2) is 57.8 Å². The molecule has 0 saturated carbocycles. The molecule has 1 saturated heterocycles. The van der Waals surface area contributed by atoms with Crippen LogP contribution >= 0.6 is 0 Å². The maximum Gasteiger partial charge on any atom is 0.251 e. The molecular formula is C20H20FN3O3S. The monoisotopic (exact) mass is 401 g/mol. The third-order valence-corrected chi connectivity index (χ3v) is 6.71. The SMILES string of the molecule is O=S(=O)(c1ccc(F)c(-c2nnc(-c3ccccc3)o2)c1)N1CCCCCC1. The normalized spacial score (nSPS) is 16.0. The summed E-state index contributed by atoms with van der Waals surface area (Å²) in [6.07, 6.45) is 3.70. The van der Waals surface area contributed by atoms with Crippen LogP contribution in [-0.4, -0.2) is 36.0 Å². The number of sulfonamides is 1. The van der Waals surface area contributed by atoms with E-state index in [4.69, 9.17) is 4.42 Å². The number of hydrogen-bond donors (Lipinski definition) is 0. The number of hydrogen-bond acceptors (Lipinski definition) is 5. The molecule has 0 aliphatic carbocycles. The molecule has 0 atom stereocenters. The first-order valence-corrected chi connectivity index (χ1v) is 10.7. The van der Waals surface area contributed by atoms with Gasteiger partial charge in [0.2, 0.25) is 15.9 Å². The largest absolute Gasteiger partial charge is 0.416 e. The highest BCUT2D eigenvalue weighted by molar-refractivity contribution is 7.89. The van der Waals surface area contributed by atoms with Gasteiger partial charge in [-0.2, -0.15) is 4.31 Å². The van der Waals surface area contributed by atoms with E-state index in [9.17, 15) is 12.8 Å². The molecule has 1 aromatic heterocycles. The molecular weight excluding hydrogens is 381 g/mol. The second kappa shape index (κ2) is 7.81. The van der Waals surface area contributed by atoms with Crippen molar-refractivity contribution in [2.75, 3.05) is 13.1 Å². The molecule has 0 unspecified atom stereocenters. The molecule has 0 spiro atoms. The van der Waals surface area contributed by atoms with Crippen LogP contribution in [0.5, 0.6) is 0 Å². The third kappa shape index (κ3) is 3.70. The zero-order valence-corrected chi connectivity index (χ0v) is 16.0. The van der Waals surface area contributed by atoms with Crippen LogP contribution in [0.2, 0.25) is 0 Å². The fraction of sp³-hybridized carbons (Fsp3) is 0.300. The van der Waals surface area contributed by atoms with Crippen molar-refractivity contribution in [3.63, 3.8) is 0 Å². The van der Waals surface area contributed by atoms with Crippen LogP contribution in [0.25, 0.3) is 22.9 Å². The van der Waals surface area contributed by atoms with Crippen molar-refractivity contribution in [2.24, 2.45) is 0 Å². The average molecular weight is 401 g/mol. The first-order chi connectivity index (χ1) is 13.6. The second-order valence-corrected chi connectivity index (χ2v) is 8.68. The molecule has 2 heterocycles. The molecule has 6 nitrogen and oxygen atoms in total. The van der Waals surface area contributed by atoms with Crippen LogP contribution < -0.4 is 0 Å². The van der Waals surface area contributed by atoms with E-state index in [2.05, 4.69) is 10.2 Å². The number of aromatic nitrogens is 2. The van der Waals surface area contributed by atoms with Gasteiger partial charge in [0.25, 0.3) is 5.89 Å². The molecule has 0 amide bonds. The highest BCUT2D eigenvalue weighted by Crippen LogP contribution is 2.29. The van der Waals surface area contributed by atoms with E-state index >= 15 is 0 Å². The topological polar surface area (TPSA) is 76.3 Å². The zero-order chi connectivity index (χ0) is 19.6. The van der Waals surface area contributed by atoms with Gasteiger partial charge in [0.1, 0.15) is 5.82 Å². The fourth-order valence-corrected chi connectivity index (χ4v) is 4.83. The Morgan fingerprint density at radius 2 is 1.57 bits per heavy atom. The van der Waals surface area contributed by atoms with Crippen molar-refractivity contribution in [1.82, 2.24) is 14.5 Å². The Labute approximate surface area is 163 Å². The van der Waals surface area contributed by atoms with Crippen LogP contribution in [0.1, 0.15) is 25.7 Å². The lowest BCUT2D eigenvalue weighted by Crippen LogP contribution is -2.32. The molecule has 1 aliphatic heterocycles. The van der Waals surface area contributed by atoms with E-state index in [1.54, 1.807) is 12.1 Å². The van der Waals surface area contributed by atoms with E-state index in [-0.39, 0.29) is 22.2 Å². The smallest absolute Gasteiger partial charge is 0.251 e. The molecule has 146 valence electrons. The van der Waals surface area contributed by atoms with Crippen molar-refractivity contribution >= 4 is 10.0 Å². The molecule has 3 aromatic rings. The first kappa shape index (κ1) is 18.8. The zero-order valence-electron chi connectivity index (χ0n) is 15.2. The summed E-state index contributed by atoms with van der Waals surface area (Å²) in [6.45, 7) is 0.960. The van der Waals surface area contributed by atoms with Crippen LogP contribution in [0, 0.1) is 5.82 Å². The van der Waals surface area contributed by atoms with E-state index < -0.39 is 15.8 Å². The van der Waals surface area contributed by atoms with Gasteiger partial charge in [-0.05, 0) is 43.2 Å². The quantitative estimate of drug-likeness (QED) is 0.658. The molecule has 0 N–H and O–H groups in total. The summed E-state index contributed by atoms with van der Waals surface area (Å²) < 4.78 is 47.5. The maximum atomic E-state index is 14.4. The standard InChI is InChI=1S/C20H20FN3O3S/c21-18-11-10-16(28(25,26)24-12-6-1-2-7-13-24)14-17(18)20-23-22-19(27-20)15-8-4-3-5-9-15/h3-5,8-11,14H,1-2,6-7,12-13H2. The van der Waals surface area contributed by atoms with Gasteiger partial charge in [-0.15, -0.1) is 10.2 Å². The van der Waals surface area contributed by atoms with Gasteiger partial charge in [0.15, 0.2) is 0 Å². The number of benzene rings is 2. The van der Waals surface area contributed by atoms with E-state index in [1.165, 1.54) is 16.4 Å². The average Bonchev–Trinajstić information content (AvgIpc) is 3.02. The fourth-order valence-electron chi connectivity index (χ4n) is 3.29. The highest BCUT2D eigenvalue weighted by Gasteiger charge is 2.27. The maximum absolute atomic E-state index is 14.4. The molecule has 4 rings (SSSR count). The third-order valence-electron chi connectivity index (χ3n) is 4.82. The van der Waals surface area contributed by atoms with Crippen molar-refractivity contribution in [3.05, 3.63) is 54.3 Å². The minimum absolute atomic E-state index is 0.0226. The summed E-state index contributed by atoms with van der Waals surface area (Å²) >= 11 is 0. The highest BCUT2D eigenvalue weighted by atomic mass is 32.2. The van der Waals surface area contributed by atoms with Gasteiger partial charge in [-0.1, -0.05) is 31.0 Å². The molecule has 0 bridgehead atoms. The summed E-state index contributed by atoms with van der Waals surface area (Å²) in [4.78, 5) is 0.0326. The predicted molar refractivity (Wildman–Crippen MR) is 102 cm³/mol. The molecule has 1 fully saturated rings. The Morgan fingerprint density at radius 3 is 2.29 bits per heavy atom. The van der Waals surface area contributed by atoms with Crippen molar-refractivity contribution in [3.8, 4) is 22.9 Å². The Kier molecular flexibility index (Phi) is 5.23. The Balaban J connectivity index is 1.69. The Morgan fingerprint density at radius 1 is 0.893 bits per heavy atom. The lowest BCUT2D eigenvalue weighted by Gasteiger charge is -2.20. The number of rotatable bonds is 4. The van der Waals surface area contributed by atoms with Crippen molar-refractivity contribution < 1.29 is 17.2 Å². The Bertz CT molecular complexity index is 1060. The van der Waals surface area contributed by atoms with E-state index in [0.717, 1.165) is 31.7 Å². The summed E-state index contributed by atoms with van der Waals surface area (Å²) in [5.74, 6) is -0.418. The molecule has 1 aliphatic rings. The summed E-state index contributed by atoms with van der Waals surface area (Å²) in [5.41, 5.74) is 0.681. The Hall–Kier alpha value is -2.58. The van der Waals surface area contributed by atoms with Gasteiger partial charge >= 0.3 is 0 Å². The van der Waals surface area contributed by atoms with Gasteiger partial charge < -0.3 is 4.42 Å². The molecule has 0 radical (unpaired) electrons. The van der Waals surface area contributed by atoms with Crippen LogP contribution in [-0.2, 0) is 10.0 Å². The lowest BCUT2D eigenvalue weighted by molar-refractivity contribution is 0.423. The van der Waals surface area contributed by atoms with Gasteiger partial charge in [-0.3, -0.25) is 0 Å². The predicted octanol–water partition coefficient (Wildman–Crippen LogP) is 4.11. The first-order valence-electron chi connectivity index (χ1n) is 9.25. The molecule has 2 aromatic carbocycles. The van der Waals surface area contributed by atoms with Gasteiger partial charge in [-0.25, -0.2) is 12.8 Å². The van der Waals surface area contributed by atoms with Crippen molar-refractivity contribution in [1.29, 1.82) is 0 Å². The summed E-state index contributed by atoms with van der Waals surface area (Å²) in [6, 6.07) is 12.8. The number of halogens is 1.